The average Bonchev–Trinajstić information content (AvgIpc) is 2.04. The van der Waals surface area contributed by atoms with Crippen molar-refractivity contribution < 1.29 is 0 Å². The van der Waals surface area contributed by atoms with Crippen molar-refractivity contribution in [3.05, 3.63) is 23.3 Å². The van der Waals surface area contributed by atoms with E-state index < -0.39 is 0 Å². The second kappa shape index (κ2) is 3.57. The predicted molar refractivity (Wildman–Crippen MR) is 44.7 cm³/mol. The Morgan fingerprint density at radius 1 is 1.60 bits per heavy atom. The van der Waals surface area contributed by atoms with Crippen molar-refractivity contribution in [2.45, 2.75) is 26.2 Å². The standard InChI is InChI=1S/C9H15N/c1-2-8-5-3-4-6-9(8)7-10/h4,6H,2-3,5,7,10H2,1H3. The van der Waals surface area contributed by atoms with E-state index in [1.54, 1.807) is 5.57 Å². The van der Waals surface area contributed by atoms with Gasteiger partial charge in [0.25, 0.3) is 0 Å². The van der Waals surface area contributed by atoms with Crippen LogP contribution in [0.5, 0.6) is 0 Å². The van der Waals surface area contributed by atoms with Crippen LogP contribution in [-0.2, 0) is 0 Å². The summed E-state index contributed by atoms with van der Waals surface area (Å²) in [4.78, 5) is 0. The predicted octanol–water partition coefficient (Wildman–Crippen LogP) is 2.00. The number of rotatable bonds is 2. The zero-order valence-corrected chi connectivity index (χ0v) is 6.56. The molecule has 0 saturated carbocycles. The average molecular weight is 137 g/mol. The van der Waals surface area contributed by atoms with Gasteiger partial charge < -0.3 is 5.73 Å². The molecule has 1 rings (SSSR count). The Balaban J connectivity index is 2.73. The summed E-state index contributed by atoms with van der Waals surface area (Å²) in [6.45, 7) is 2.91. The molecular formula is C9H15N. The molecule has 1 aliphatic carbocycles. The van der Waals surface area contributed by atoms with Gasteiger partial charge in [-0.2, -0.15) is 0 Å². The Morgan fingerprint density at radius 3 is 2.90 bits per heavy atom. The molecule has 10 heavy (non-hydrogen) atoms. The summed E-state index contributed by atoms with van der Waals surface area (Å²) < 4.78 is 0. The molecule has 0 atom stereocenters. The minimum atomic E-state index is 0.708. The summed E-state index contributed by atoms with van der Waals surface area (Å²) in [5, 5.41) is 0. The number of allylic oxidation sites excluding steroid dienone is 2. The molecule has 0 spiro atoms. The minimum absolute atomic E-state index is 0.708. The Kier molecular flexibility index (Phi) is 2.69. The minimum Gasteiger partial charge on any atom is -0.326 e. The van der Waals surface area contributed by atoms with Gasteiger partial charge in [0.2, 0.25) is 0 Å². The van der Waals surface area contributed by atoms with E-state index in [1.807, 2.05) is 0 Å². The van der Waals surface area contributed by atoms with Crippen LogP contribution in [0.1, 0.15) is 26.2 Å². The molecule has 0 fully saturated rings. The van der Waals surface area contributed by atoms with Gasteiger partial charge in [0.05, 0.1) is 0 Å². The Labute approximate surface area is 62.6 Å². The topological polar surface area (TPSA) is 26.0 Å². The van der Waals surface area contributed by atoms with Crippen molar-refractivity contribution in [2.75, 3.05) is 6.54 Å². The van der Waals surface area contributed by atoms with Crippen LogP contribution in [0.3, 0.4) is 0 Å². The van der Waals surface area contributed by atoms with Crippen LogP contribution in [0.2, 0.25) is 0 Å². The van der Waals surface area contributed by atoms with Gasteiger partial charge in [-0.25, -0.2) is 0 Å². The van der Waals surface area contributed by atoms with Gasteiger partial charge in [-0.1, -0.05) is 24.6 Å². The smallest absolute Gasteiger partial charge is 0.0177 e. The molecular weight excluding hydrogens is 122 g/mol. The van der Waals surface area contributed by atoms with Crippen molar-refractivity contribution >= 4 is 0 Å². The van der Waals surface area contributed by atoms with E-state index in [4.69, 9.17) is 5.73 Å². The van der Waals surface area contributed by atoms with Crippen molar-refractivity contribution in [1.82, 2.24) is 0 Å². The lowest BCUT2D eigenvalue weighted by Gasteiger charge is -2.12. The first-order valence-corrected chi connectivity index (χ1v) is 3.96. The van der Waals surface area contributed by atoms with E-state index >= 15 is 0 Å². The van der Waals surface area contributed by atoms with Crippen molar-refractivity contribution in [3.63, 3.8) is 0 Å². The van der Waals surface area contributed by atoms with E-state index in [0.717, 1.165) is 6.42 Å². The zero-order valence-electron chi connectivity index (χ0n) is 6.56. The third-order valence-electron chi connectivity index (χ3n) is 2.03. The SMILES string of the molecule is CCC1=C(CN)C=CCC1. The maximum Gasteiger partial charge on any atom is 0.0177 e. The highest BCUT2D eigenvalue weighted by atomic mass is 14.5. The lowest BCUT2D eigenvalue weighted by molar-refractivity contribution is 0.863. The van der Waals surface area contributed by atoms with Gasteiger partial charge in [0.1, 0.15) is 0 Å². The molecule has 0 radical (unpaired) electrons. The lowest BCUT2D eigenvalue weighted by Crippen LogP contribution is -2.06. The van der Waals surface area contributed by atoms with Gasteiger partial charge in [-0.3, -0.25) is 0 Å². The van der Waals surface area contributed by atoms with E-state index in [0.29, 0.717) is 6.54 Å². The summed E-state index contributed by atoms with van der Waals surface area (Å²) in [5.41, 5.74) is 8.46. The Morgan fingerprint density at radius 2 is 2.40 bits per heavy atom. The summed E-state index contributed by atoms with van der Waals surface area (Å²) in [6, 6.07) is 0. The molecule has 0 saturated heterocycles. The monoisotopic (exact) mass is 137 g/mol. The summed E-state index contributed by atoms with van der Waals surface area (Å²) in [7, 11) is 0. The highest BCUT2D eigenvalue weighted by Gasteiger charge is 2.03. The normalized spacial score (nSPS) is 18.2. The molecule has 0 aliphatic heterocycles. The first kappa shape index (κ1) is 7.55. The first-order valence-electron chi connectivity index (χ1n) is 3.96. The van der Waals surface area contributed by atoms with Crippen LogP contribution in [0.15, 0.2) is 23.3 Å². The van der Waals surface area contributed by atoms with Crippen LogP contribution >= 0.6 is 0 Å². The van der Waals surface area contributed by atoms with Crippen LogP contribution in [0.4, 0.5) is 0 Å². The van der Waals surface area contributed by atoms with Crippen LogP contribution in [0, 0.1) is 0 Å². The second-order valence-electron chi connectivity index (χ2n) is 2.63. The van der Waals surface area contributed by atoms with E-state index in [1.165, 1.54) is 18.4 Å². The summed E-state index contributed by atoms with van der Waals surface area (Å²) in [5.74, 6) is 0. The fourth-order valence-electron chi connectivity index (χ4n) is 1.38. The van der Waals surface area contributed by atoms with Gasteiger partial charge in [-0.15, -0.1) is 0 Å². The van der Waals surface area contributed by atoms with Gasteiger partial charge in [-0.05, 0) is 24.8 Å². The summed E-state index contributed by atoms with van der Waals surface area (Å²) in [6.07, 6.45) is 7.97. The maximum atomic E-state index is 5.56. The maximum absolute atomic E-state index is 5.56. The molecule has 56 valence electrons. The zero-order chi connectivity index (χ0) is 7.40. The highest BCUT2D eigenvalue weighted by Crippen LogP contribution is 2.20. The van der Waals surface area contributed by atoms with Gasteiger partial charge >= 0.3 is 0 Å². The molecule has 1 nitrogen and oxygen atoms in total. The van der Waals surface area contributed by atoms with Crippen LogP contribution in [-0.4, -0.2) is 6.54 Å². The third-order valence-corrected chi connectivity index (χ3v) is 2.03. The molecule has 0 heterocycles. The highest BCUT2D eigenvalue weighted by molar-refractivity contribution is 5.30. The van der Waals surface area contributed by atoms with Crippen molar-refractivity contribution in [3.8, 4) is 0 Å². The fourth-order valence-corrected chi connectivity index (χ4v) is 1.38. The third kappa shape index (κ3) is 1.48. The Bertz CT molecular complexity index is 166. The first-order chi connectivity index (χ1) is 4.88. The van der Waals surface area contributed by atoms with Crippen LogP contribution in [0.25, 0.3) is 0 Å². The van der Waals surface area contributed by atoms with Gasteiger partial charge in [0, 0.05) is 6.54 Å². The molecule has 0 bridgehead atoms. The van der Waals surface area contributed by atoms with Crippen molar-refractivity contribution in [2.24, 2.45) is 5.73 Å². The lowest BCUT2D eigenvalue weighted by atomic mass is 9.96. The number of hydrogen-bond donors (Lipinski definition) is 1. The largest absolute Gasteiger partial charge is 0.326 e. The Hall–Kier alpha value is -0.560. The fraction of sp³-hybridized carbons (Fsp3) is 0.556. The van der Waals surface area contributed by atoms with E-state index in [-0.39, 0.29) is 0 Å². The molecule has 0 aromatic carbocycles. The van der Waals surface area contributed by atoms with Crippen LogP contribution < -0.4 is 5.73 Å². The molecule has 0 unspecified atom stereocenters. The molecule has 0 amide bonds. The summed E-state index contributed by atoms with van der Waals surface area (Å²) >= 11 is 0. The van der Waals surface area contributed by atoms with E-state index in [2.05, 4.69) is 19.1 Å². The molecule has 2 N–H and O–H groups in total. The molecule has 1 heteroatoms. The van der Waals surface area contributed by atoms with Gasteiger partial charge in [0.15, 0.2) is 0 Å². The molecule has 0 aromatic rings. The second-order valence-corrected chi connectivity index (χ2v) is 2.63. The van der Waals surface area contributed by atoms with Crippen molar-refractivity contribution in [1.29, 1.82) is 0 Å². The molecule has 1 aliphatic rings. The quantitative estimate of drug-likeness (QED) is 0.619. The number of nitrogens with two attached hydrogens (primary N) is 1. The number of hydrogen-bond acceptors (Lipinski definition) is 1. The molecule has 0 aromatic heterocycles. The van der Waals surface area contributed by atoms with E-state index in [9.17, 15) is 0 Å².